The molecule has 0 amide bonds. The minimum Gasteiger partial charge on any atom is -0.223 e. The van der Waals surface area contributed by atoms with Crippen molar-refractivity contribution in [1.82, 2.24) is 0 Å². The van der Waals surface area contributed by atoms with E-state index >= 15 is 0 Å². The summed E-state index contributed by atoms with van der Waals surface area (Å²) in [4.78, 5) is 0.453. The Morgan fingerprint density at radius 2 is 1.88 bits per heavy atom. The lowest BCUT2D eigenvalue weighted by Crippen LogP contribution is -2.23. The largest absolute Gasteiger partial charge is 0.223 e. The Bertz CT molecular complexity index is 486. The summed E-state index contributed by atoms with van der Waals surface area (Å²) in [6.45, 7) is 2.01. The van der Waals surface area contributed by atoms with Gasteiger partial charge in [-0.2, -0.15) is 0 Å². The number of rotatable bonds is 2. The average molecular weight is 236 g/mol. The monoisotopic (exact) mass is 236 g/mol. The molecule has 0 N–H and O–H groups in total. The van der Waals surface area contributed by atoms with Crippen LogP contribution in [0.3, 0.4) is 0 Å². The molecule has 2 rings (SSSR count). The van der Waals surface area contributed by atoms with Gasteiger partial charge in [0.1, 0.15) is 0 Å². The van der Waals surface area contributed by atoms with E-state index < -0.39 is 9.84 Å². The maximum absolute atomic E-state index is 12.3. The van der Waals surface area contributed by atoms with Gasteiger partial charge in [-0.3, -0.25) is 0 Å². The molecule has 1 unspecified atom stereocenters. The van der Waals surface area contributed by atoms with Gasteiger partial charge in [0.05, 0.1) is 10.1 Å². The van der Waals surface area contributed by atoms with Gasteiger partial charge in [-0.25, -0.2) is 8.42 Å². The Morgan fingerprint density at radius 3 is 2.50 bits per heavy atom. The summed E-state index contributed by atoms with van der Waals surface area (Å²) in [5.74, 6) is 0. The zero-order valence-corrected chi connectivity index (χ0v) is 10.2. The van der Waals surface area contributed by atoms with Crippen molar-refractivity contribution < 1.29 is 8.42 Å². The number of hydrogen-bond donors (Lipinski definition) is 0. The predicted molar refractivity (Wildman–Crippen MR) is 65.0 cm³/mol. The second-order valence-electron chi connectivity index (χ2n) is 4.31. The first-order chi connectivity index (χ1) is 7.60. The minimum atomic E-state index is -3.14. The smallest absolute Gasteiger partial charge is 0.181 e. The Hall–Kier alpha value is -1.09. The average Bonchev–Trinajstić information content (AvgIpc) is 2.30. The highest BCUT2D eigenvalue weighted by Gasteiger charge is 2.28. The van der Waals surface area contributed by atoms with Crippen LogP contribution in [0.5, 0.6) is 0 Å². The fourth-order valence-corrected chi connectivity index (χ4v) is 3.98. The van der Waals surface area contributed by atoms with Crippen molar-refractivity contribution in [2.24, 2.45) is 0 Å². The van der Waals surface area contributed by atoms with Crippen LogP contribution in [0.25, 0.3) is 0 Å². The van der Waals surface area contributed by atoms with Crippen molar-refractivity contribution in [3.63, 3.8) is 0 Å². The lowest BCUT2D eigenvalue weighted by molar-refractivity contribution is 0.564. The highest BCUT2D eigenvalue weighted by Crippen LogP contribution is 2.28. The Morgan fingerprint density at radius 1 is 1.19 bits per heavy atom. The summed E-state index contributed by atoms with van der Waals surface area (Å²) in [6.07, 6.45) is 4.44. The molecule has 0 saturated heterocycles. The van der Waals surface area contributed by atoms with Crippen LogP contribution in [0.4, 0.5) is 0 Å². The van der Waals surface area contributed by atoms with E-state index in [0.29, 0.717) is 11.3 Å². The topological polar surface area (TPSA) is 34.1 Å². The molecule has 1 atom stereocenters. The van der Waals surface area contributed by atoms with Gasteiger partial charge in [0.25, 0.3) is 0 Å². The van der Waals surface area contributed by atoms with Crippen LogP contribution < -0.4 is 0 Å². The maximum atomic E-state index is 12.3. The van der Waals surface area contributed by atoms with E-state index in [9.17, 15) is 8.42 Å². The molecule has 0 heterocycles. The van der Waals surface area contributed by atoms with Crippen molar-refractivity contribution in [2.45, 2.75) is 36.3 Å². The Balaban J connectivity index is 2.30. The van der Waals surface area contributed by atoms with Crippen LogP contribution in [0.15, 0.2) is 46.9 Å². The molecule has 0 radical (unpaired) electrons. The van der Waals surface area contributed by atoms with E-state index in [1.54, 1.807) is 24.3 Å². The molecular formula is C13H16O2S. The quantitative estimate of drug-likeness (QED) is 0.740. The molecule has 0 aliphatic heterocycles. The van der Waals surface area contributed by atoms with Crippen LogP contribution in [-0.4, -0.2) is 13.7 Å². The molecule has 0 fully saturated rings. The maximum Gasteiger partial charge on any atom is 0.181 e. The first-order valence-corrected chi connectivity index (χ1v) is 7.10. The molecule has 16 heavy (non-hydrogen) atoms. The van der Waals surface area contributed by atoms with Gasteiger partial charge in [0.2, 0.25) is 0 Å². The van der Waals surface area contributed by atoms with Gasteiger partial charge in [-0.15, -0.1) is 0 Å². The zero-order chi connectivity index (χ0) is 11.6. The van der Waals surface area contributed by atoms with Gasteiger partial charge in [-0.05, 0) is 38.3 Å². The molecule has 0 saturated carbocycles. The van der Waals surface area contributed by atoms with Crippen molar-refractivity contribution >= 4 is 9.84 Å². The molecule has 0 bridgehead atoms. The normalized spacial score (nSPS) is 21.6. The molecular weight excluding hydrogens is 220 g/mol. The molecule has 0 aromatic heterocycles. The first kappa shape index (κ1) is 11.4. The molecule has 1 aliphatic carbocycles. The summed E-state index contributed by atoms with van der Waals surface area (Å²) in [5, 5.41) is -0.236. The number of allylic oxidation sites excluding steroid dienone is 2. The lowest BCUT2D eigenvalue weighted by atomic mass is 10.0. The highest BCUT2D eigenvalue weighted by atomic mass is 32.2. The zero-order valence-electron chi connectivity index (χ0n) is 9.39. The molecule has 1 aliphatic rings. The summed E-state index contributed by atoms with van der Waals surface area (Å²) in [6, 6.07) is 8.76. The van der Waals surface area contributed by atoms with E-state index in [4.69, 9.17) is 0 Å². The molecule has 1 aromatic rings. The Labute approximate surface area is 96.9 Å². The number of benzene rings is 1. The fourth-order valence-electron chi connectivity index (χ4n) is 2.13. The molecule has 0 spiro atoms. The molecule has 1 aromatic carbocycles. The molecule has 86 valence electrons. The Kier molecular flexibility index (Phi) is 3.15. The van der Waals surface area contributed by atoms with Crippen LogP contribution in [0.1, 0.15) is 26.2 Å². The second-order valence-corrected chi connectivity index (χ2v) is 6.54. The van der Waals surface area contributed by atoms with E-state index in [1.165, 1.54) is 5.57 Å². The lowest BCUT2D eigenvalue weighted by Gasteiger charge is -2.21. The van der Waals surface area contributed by atoms with Crippen LogP contribution in [-0.2, 0) is 9.84 Å². The third kappa shape index (κ3) is 2.19. The summed E-state index contributed by atoms with van der Waals surface area (Å²) in [5.41, 5.74) is 1.19. The van der Waals surface area contributed by atoms with E-state index in [1.807, 2.05) is 13.0 Å². The molecule has 2 nitrogen and oxygen atoms in total. The first-order valence-electron chi connectivity index (χ1n) is 5.55. The predicted octanol–water partition coefficient (Wildman–Crippen LogP) is 2.96. The third-order valence-electron chi connectivity index (χ3n) is 3.04. The van der Waals surface area contributed by atoms with E-state index in [2.05, 4.69) is 6.08 Å². The van der Waals surface area contributed by atoms with Crippen molar-refractivity contribution in [1.29, 1.82) is 0 Å². The highest BCUT2D eigenvalue weighted by molar-refractivity contribution is 7.92. The van der Waals surface area contributed by atoms with Crippen molar-refractivity contribution in [3.05, 3.63) is 42.0 Å². The van der Waals surface area contributed by atoms with Gasteiger partial charge >= 0.3 is 0 Å². The second kappa shape index (κ2) is 4.42. The number of hydrogen-bond acceptors (Lipinski definition) is 2. The van der Waals surface area contributed by atoms with Crippen molar-refractivity contribution in [3.8, 4) is 0 Å². The van der Waals surface area contributed by atoms with Crippen LogP contribution in [0, 0.1) is 0 Å². The standard InChI is InChI=1S/C13H16O2S/c1-11-6-5-9-13(10-11)16(14,15)12-7-3-2-4-8-12/h2-4,6-8,13H,5,9-10H2,1H3. The number of sulfone groups is 1. The van der Waals surface area contributed by atoms with Gasteiger partial charge < -0.3 is 0 Å². The minimum absolute atomic E-state index is 0.236. The summed E-state index contributed by atoms with van der Waals surface area (Å²) >= 11 is 0. The van der Waals surface area contributed by atoms with Gasteiger partial charge in [0.15, 0.2) is 9.84 Å². The van der Waals surface area contributed by atoms with Crippen LogP contribution >= 0.6 is 0 Å². The summed E-state index contributed by atoms with van der Waals surface area (Å²) in [7, 11) is -3.14. The van der Waals surface area contributed by atoms with E-state index in [0.717, 1.165) is 12.8 Å². The molecule has 3 heteroatoms. The van der Waals surface area contributed by atoms with Crippen LogP contribution in [0.2, 0.25) is 0 Å². The van der Waals surface area contributed by atoms with E-state index in [-0.39, 0.29) is 5.25 Å². The van der Waals surface area contributed by atoms with Crippen molar-refractivity contribution in [2.75, 3.05) is 0 Å². The third-order valence-corrected chi connectivity index (χ3v) is 5.25. The van der Waals surface area contributed by atoms with Gasteiger partial charge in [-0.1, -0.05) is 29.8 Å². The summed E-state index contributed by atoms with van der Waals surface area (Å²) < 4.78 is 24.6. The fraction of sp³-hybridized carbons (Fsp3) is 0.385. The SMILES string of the molecule is CC1=CCCC(S(=O)(=O)c2ccccc2)C1. The van der Waals surface area contributed by atoms with Gasteiger partial charge in [0, 0.05) is 0 Å².